The van der Waals surface area contributed by atoms with E-state index in [4.69, 9.17) is 18.8 Å². The number of rotatable bonds is 6. The molecule has 0 amide bonds. The van der Waals surface area contributed by atoms with Crippen molar-refractivity contribution in [3.8, 4) is 11.5 Å². The predicted octanol–water partition coefficient (Wildman–Crippen LogP) is 4.97. The van der Waals surface area contributed by atoms with Crippen LogP contribution in [0.15, 0.2) is 23.9 Å². The Kier molecular flexibility index (Phi) is 6.16. The second-order valence-corrected chi connectivity index (χ2v) is 7.24. The molecule has 2 rings (SSSR count). The molecule has 0 aromatic heterocycles. The van der Waals surface area contributed by atoms with E-state index in [0.717, 1.165) is 0 Å². The van der Waals surface area contributed by atoms with Gasteiger partial charge in [-0.05, 0) is 51.5 Å². The molecule has 27 heavy (non-hydrogen) atoms. The number of methoxy groups -OCH3 is 1. The van der Waals surface area contributed by atoms with Crippen molar-refractivity contribution in [3.63, 3.8) is 0 Å². The van der Waals surface area contributed by atoms with Gasteiger partial charge in [0, 0.05) is 0 Å². The fourth-order valence-electron chi connectivity index (χ4n) is 2.35. The summed E-state index contributed by atoms with van der Waals surface area (Å²) < 4.78 is 72.7. The molecule has 1 saturated heterocycles. The van der Waals surface area contributed by atoms with E-state index in [1.807, 2.05) is 27.7 Å². The first kappa shape index (κ1) is 21.6. The maximum absolute atomic E-state index is 14.6. The van der Waals surface area contributed by atoms with Gasteiger partial charge in [0.15, 0.2) is 11.5 Å². The van der Waals surface area contributed by atoms with Crippen LogP contribution in [0.3, 0.4) is 0 Å². The van der Waals surface area contributed by atoms with Gasteiger partial charge in [-0.3, -0.25) is 0 Å². The molecule has 0 aliphatic carbocycles. The van der Waals surface area contributed by atoms with E-state index >= 15 is 0 Å². The first-order valence-electron chi connectivity index (χ1n) is 8.45. The Hall–Kier alpha value is -1.74. The van der Waals surface area contributed by atoms with E-state index in [9.17, 15) is 17.6 Å². The van der Waals surface area contributed by atoms with Gasteiger partial charge < -0.3 is 18.8 Å². The predicted molar refractivity (Wildman–Crippen MR) is 94.3 cm³/mol. The first-order valence-corrected chi connectivity index (χ1v) is 8.45. The quantitative estimate of drug-likeness (QED) is 0.508. The summed E-state index contributed by atoms with van der Waals surface area (Å²) in [4.78, 5) is 0. The second kappa shape index (κ2) is 7.71. The minimum atomic E-state index is -4.30. The zero-order valence-corrected chi connectivity index (χ0v) is 15.9. The molecule has 0 radical (unpaired) electrons. The van der Waals surface area contributed by atoms with Gasteiger partial charge in [-0.25, -0.2) is 4.39 Å². The third-order valence-corrected chi connectivity index (χ3v) is 4.61. The number of ether oxygens (including phenoxy) is 2. The Morgan fingerprint density at radius 1 is 1.11 bits per heavy atom. The number of halogens is 4. The molecule has 1 aromatic carbocycles. The monoisotopic (exact) mass is 390 g/mol. The first-order chi connectivity index (χ1) is 12.3. The Labute approximate surface area is 156 Å². The van der Waals surface area contributed by atoms with Gasteiger partial charge in [-0.2, -0.15) is 13.2 Å². The summed E-state index contributed by atoms with van der Waals surface area (Å²) >= 11 is 0. The normalized spacial score (nSPS) is 19.3. The number of hydrogen-bond acceptors (Lipinski definition) is 4. The number of alkyl halides is 3. The summed E-state index contributed by atoms with van der Waals surface area (Å²) in [5.41, 5.74) is -1.53. The molecule has 0 atom stereocenters. The summed E-state index contributed by atoms with van der Waals surface area (Å²) in [7, 11) is 0.216. The molecular formula is C18H23BF4O4. The smallest absolute Gasteiger partial charge is 0.493 e. The zero-order chi connectivity index (χ0) is 20.5. The van der Waals surface area contributed by atoms with Crippen molar-refractivity contribution in [2.45, 2.75) is 51.5 Å². The van der Waals surface area contributed by atoms with Gasteiger partial charge >= 0.3 is 13.3 Å². The summed E-state index contributed by atoms with van der Waals surface area (Å²) in [5.74, 6) is 0.350. The highest BCUT2D eigenvalue weighted by atomic mass is 19.4. The molecule has 0 unspecified atom stereocenters. The molecule has 1 aliphatic heterocycles. The van der Waals surface area contributed by atoms with Crippen LogP contribution < -0.4 is 9.47 Å². The fraction of sp³-hybridized carbons (Fsp3) is 0.556. The van der Waals surface area contributed by atoms with Crippen molar-refractivity contribution in [1.29, 1.82) is 0 Å². The summed E-state index contributed by atoms with van der Waals surface area (Å²) in [6.45, 7) is 6.73. The van der Waals surface area contributed by atoms with Crippen LogP contribution in [0.25, 0.3) is 6.08 Å². The van der Waals surface area contributed by atoms with Gasteiger partial charge in [-0.15, -0.1) is 0 Å². The average molecular weight is 390 g/mol. The van der Waals surface area contributed by atoms with E-state index in [2.05, 4.69) is 0 Å². The van der Waals surface area contributed by atoms with Gasteiger partial charge in [0.25, 0.3) is 0 Å². The lowest BCUT2D eigenvalue weighted by Gasteiger charge is -2.32. The molecule has 150 valence electrons. The van der Waals surface area contributed by atoms with Crippen molar-refractivity contribution in [3.05, 3.63) is 29.5 Å². The summed E-state index contributed by atoms with van der Waals surface area (Å²) in [5, 5.41) is 0. The molecule has 4 nitrogen and oxygen atoms in total. The van der Waals surface area contributed by atoms with Crippen molar-refractivity contribution < 1.29 is 36.3 Å². The SMILES string of the molecule is COc1cc(C=C(F)B2OC(C)(C)C(C)(C)O2)ccc1OCCC(F)(F)F. The van der Waals surface area contributed by atoms with Crippen molar-refractivity contribution in [2.24, 2.45) is 0 Å². The molecule has 1 fully saturated rings. The highest BCUT2D eigenvalue weighted by Gasteiger charge is 2.53. The van der Waals surface area contributed by atoms with Crippen molar-refractivity contribution in [2.75, 3.05) is 13.7 Å². The lowest BCUT2D eigenvalue weighted by Crippen LogP contribution is -2.41. The molecule has 0 saturated carbocycles. The molecule has 1 aromatic rings. The van der Waals surface area contributed by atoms with Gasteiger partial charge in [0.1, 0.15) is 5.73 Å². The van der Waals surface area contributed by atoms with Crippen LogP contribution in [0.1, 0.15) is 39.7 Å². The molecular weight excluding hydrogens is 367 g/mol. The van der Waals surface area contributed by atoms with E-state index < -0.39 is 43.3 Å². The average Bonchev–Trinajstić information content (AvgIpc) is 2.75. The van der Waals surface area contributed by atoms with Gasteiger partial charge in [-0.1, -0.05) is 6.07 Å². The van der Waals surface area contributed by atoms with E-state index in [0.29, 0.717) is 5.56 Å². The maximum atomic E-state index is 14.6. The van der Waals surface area contributed by atoms with Crippen LogP contribution in [0.4, 0.5) is 17.6 Å². The van der Waals surface area contributed by atoms with Crippen LogP contribution >= 0.6 is 0 Å². The number of hydrogen-bond donors (Lipinski definition) is 0. The zero-order valence-electron chi connectivity index (χ0n) is 15.9. The lowest BCUT2D eigenvalue weighted by molar-refractivity contribution is -0.139. The maximum Gasteiger partial charge on any atom is 0.525 e. The highest BCUT2D eigenvalue weighted by molar-refractivity contribution is 6.54. The van der Waals surface area contributed by atoms with E-state index in [-0.39, 0.29) is 11.5 Å². The van der Waals surface area contributed by atoms with Crippen molar-refractivity contribution >= 4 is 13.2 Å². The Morgan fingerprint density at radius 3 is 2.22 bits per heavy atom. The highest BCUT2D eigenvalue weighted by Crippen LogP contribution is 2.39. The van der Waals surface area contributed by atoms with Crippen LogP contribution in [0.2, 0.25) is 0 Å². The molecule has 0 bridgehead atoms. The third-order valence-electron chi connectivity index (χ3n) is 4.61. The minimum Gasteiger partial charge on any atom is -0.493 e. The molecule has 0 N–H and O–H groups in total. The van der Waals surface area contributed by atoms with Gasteiger partial charge in [0.2, 0.25) is 0 Å². The van der Waals surface area contributed by atoms with Crippen LogP contribution in [-0.2, 0) is 9.31 Å². The molecule has 9 heteroatoms. The fourth-order valence-corrected chi connectivity index (χ4v) is 2.35. The summed E-state index contributed by atoms with van der Waals surface area (Å²) in [6.07, 6.45) is -4.15. The number of benzene rings is 1. The summed E-state index contributed by atoms with van der Waals surface area (Å²) in [6, 6.07) is 4.41. The molecule has 1 heterocycles. The van der Waals surface area contributed by atoms with Crippen LogP contribution in [-0.4, -0.2) is 38.2 Å². The largest absolute Gasteiger partial charge is 0.525 e. The van der Waals surface area contributed by atoms with Crippen LogP contribution in [0.5, 0.6) is 11.5 Å². The third kappa shape index (κ3) is 5.38. The van der Waals surface area contributed by atoms with Crippen LogP contribution in [0, 0.1) is 0 Å². The second-order valence-electron chi connectivity index (χ2n) is 7.24. The van der Waals surface area contributed by atoms with Gasteiger partial charge in [0.05, 0.1) is 31.3 Å². The topological polar surface area (TPSA) is 36.9 Å². The van der Waals surface area contributed by atoms with E-state index in [1.165, 1.54) is 31.4 Å². The minimum absolute atomic E-state index is 0.148. The van der Waals surface area contributed by atoms with E-state index in [1.54, 1.807) is 0 Å². The molecule has 0 spiro atoms. The Bertz CT molecular complexity index is 685. The Balaban J connectivity index is 2.12. The van der Waals surface area contributed by atoms with Crippen molar-refractivity contribution in [1.82, 2.24) is 0 Å². The molecule has 1 aliphatic rings. The Morgan fingerprint density at radius 2 is 1.70 bits per heavy atom. The standard InChI is InChI=1S/C18H23BF4O4/c1-16(2)17(3,4)27-19(26-16)15(20)11-12-6-7-13(14(10-12)24-5)25-9-8-18(21,22)23/h6-7,10-11H,8-9H2,1-5H3. The lowest BCUT2D eigenvalue weighted by atomic mass is 9.87.